The van der Waals surface area contributed by atoms with E-state index < -0.39 is 0 Å². The van der Waals surface area contributed by atoms with Gasteiger partial charge in [-0.05, 0) is 44.3 Å². The van der Waals surface area contributed by atoms with E-state index in [9.17, 15) is 5.11 Å². The summed E-state index contributed by atoms with van der Waals surface area (Å²) in [4.78, 5) is 0. The average molecular weight is 311 g/mol. The number of nitrogens with one attached hydrogen (secondary N) is 2. The van der Waals surface area contributed by atoms with E-state index in [2.05, 4.69) is 15.8 Å². The van der Waals surface area contributed by atoms with Gasteiger partial charge in [0, 0.05) is 18.7 Å². The third kappa shape index (κ3) is 5.57. The van der Waals surface area contributed by atoms with Crippen LogP contribution in [0, 0.1) is 0 Å². The predicted octanol–water partition coefficient (Wildman–Crippen LogP) is 1.62. The molecule has 1 aromatic carbocycles. The summed E-state index contributed by atoms with van der Waals surface area (Å²) in [5.74, 6) is 0.775. The predicted molar refractivity (Wildman–Crippen MR) is 87.1 cm³/mol. The third-order valence-corrected chi connectivity index (χ3v) is 2.92. The maximum Gasteiger partial charge on any atom is 0.187 e. The van der Waals surface area contributed by atoms with Crippen LogP contribution in [-0.4, -0.2) is 42.8 Å². The number of phenolic OH excluding ortho intramolecular Hbond substituents is 1. The van der Waals surface area contributed by atoms with Crippen LogP contribution in [0.1, 0.15) is 19.4 Å². The van der Waals surface area contributed by atoms with E-state index in [0.29, 0.717) is 28.7 Å². The number of aromatic hydroxyl groups is 1. The molecule has 0 unspecified atom stereocenters. The van der Waals surface area contributed by atoms with E-state index >= 15 is 0 Å². The van der Waals surface area contributed by atoms with Crippen LogP contribution in [0.5, 0.6) is 11.5 Å². The normalized spacial score (nSPS) is 12.7. The maximum absolute atomic E-state index is 9.85. The van der Waals surface area contributed by atoms with Crippen molar-refractivity contribution in [2.45, 2.75) is 19.9 Å². The van der Waals surface area contributed by atoms with Gasteiger partial charge >= 0.3 is 0 Å². The minimum absolute atomic E-state index is 0.0794. The van der Waals surface area contributed by atoms with Crippen molar-refractivity contribution in [2.24, 2.45) is 5.10 Å². The summed E-state index contributed by atoms with van der Waals surface area (Å²) in [5, 5.41) is 17.4. The van der Waals surface area contributed by atoms with Gasteiger partial charge in [0.15, 0.2) is 5.11 Å². The first kappa shape index (κ1) is 17.2. The molecule has 7 heteroatoms. The van der Waals surface area contributed by atoms with Crippen LogP contribution in [0.4, 0.5) is 0 Å². The molecule has 1 atom stereocenters. The summed E-state index contributed by atoms with van der Waals surface area (Å²) in [5.41, 5.74) is 3.91. The van der Waals surface area contributed by atoms with E-state index in [-0.39, 0.29) is 11.8 Å². The number of hydrogen-bond donors (Lipinski definition) is 3. The highest BCUT2D eigenvalue weighted by molar-refractivity contribution is 7.80. The number of nitrogens with zero attached hydrogens (tertiary/aromatic N) is 1. The Kier molecular flexibility index (Phi) is 6.90. The Morgan fingerprint density at radius 1 is 1.43 bits per heavy atom. The van der Waals surface area contributed by atoms with Crippen molar-refractivity contribution >= 4 is 23.0 Å². The number of methoxy groups -OCH3 is 2. The standard InChI is InChI=1S/C14H21N3O3S/c1-9(8-19-3)15-14(21)17-16-10(2)12-7-11(20-4)5-6-13(12)18/h5-7,9,18H,8H2,1-4H3,(H2,15,17,21)/b16-10+/t9-/m1/s1. The first-order chi connectivity index (χ1) is 9.97. The van der Waals surface area contributed by atoms with Crippen molar-refractivity contribution in [1.29, 1.82) is 0 Å². The summed E-state index contributed by atoms with van der Waals surface area (Å²) in [6.45, 7) is 4.26. The van der Waals surface area contributed by atoms with E-state index in [1.54, 1.807) is 39.3 Å². The fourth-order valence-corrected chi connectivity index (χ4v) is 1.92. The molecule has 0 aromatic heterocycles. The lowest BCUT2D eigenvalue weighted by molar-refractivity contribution is 0.179. The quantitative estimate of drug-likeness (QED) is 0.421. The van der Waals surface area contributed by atoms with Gasteiger partial charge in [0.1, 0.15) is 11.5 Å². The van der Waals surface area contributed by atoms with Crippen molar-refractivity contribution in [2.75, 3.05) is 20.8 Å². The van der Waals surface area contributed by atoms with Gasteiger partial charge in [-0.1, -0.05) is 0 Å². The molecule has 0 heterocycles. The second-order valence-electron chi connectivity index (χ2n) is 4.52. The van der Waals surface area contributed by atoms with E-state index in [0.717, 1.165) is 0 Å². The molecule has 0 aliphatic carbocycles. The lowest BCUT2D eigenvalue weighted by atomic mass is 10.1. The van der Waals surface area contributed by atoms with Crippen molar-refractivity contribution in [3.63, 3.8) is 0 Å². The number of ether oxygens (including phenoxy) is 2. The Morgan fingerprint density at radius 3 is 2.76 bits per heavy atom. The van der Waals surface area contributed by atoms with Crippen LogP contribution >= 0.6 is 12.2 Å². The molecule has 21 heavy (non-hydrogen) atoms. The number of hydrogen-bond acceptors (Lipinski definition) is 5. The van der Waals surface area contributed by atoms with Gasteiger partial charge < -0.3 is 19.9 Å². The summed E-state index contributed by atoms with van der Waals surface area (Å²) < 4.78 is 10.1. The summed E-state index contributed by atoms with van der Waals surface area (Å²) in [6, 6.07) is 5.03. The second kappa shape index (κ2) is 8.43. The van der Waals surface area contributed by atoms with Crippen LogP contribution in [-0.2, 0) is 4.74 Å². The third-order valence-electron chi connectivity index (χ3n) is 2.71. The Balaban J connectivity index is 2.70. The topological polar surface area (TPSA) is 75.1 Å². The minimum atomic E-state index is 0.0794. The summed E-state index contributed by atoms with van der Waals surface area (Å²) >= 11 is 5.12. The zero-order chi connectivity index (χ0) is 15.8. The lowest BCUT2D eigenvalue weighted by Gasteiger charge is -2.14. The molecule has 0 bridgehead atoms. The van der Waals surface area contributed by atoms with Crippen LogP contribution in [0.15, 0.2) is 23.3 Å². The molecular formula is C14H21N3O3S. The van der Waals surface area contributed by atoms with Gasteiger partial charge in [0.25, 0.3) is 0 Å². The zero-order valence-electron chi connectivity index (χ0n) is 12.6. The molecule has 0 radical (unpaired) electrons. The number of hydrazone groups is 1. The van der Waals surface area contributed by atoms with Gasteiger partial charge in [0.2, 0.25) is 0 Å². The van der Waals surface area contributed by atoms with E-state index in [1.807, 2.05) is 6.92 Å². The largest absolute Gasteiger partial charge is 0.507 e. The molecule has 0 aliphatic heterocycles. The first-order valence-electron chi connectivity index (χ1n) is 6.45. The van der Waals surface area contributed by atoms with Gasteiger partial charge in [-0.15, -0.1) is 0 Å². The van der Waals surface area contributed by atoms with Gasteiger partial charge in [0.05, 0.1) is 19.4 Å². The smallest absolute Gasteiger partial charge is 0.187 e. The zero-order valence-corrected chi connectivity index (χ0v) is 13.5. The highest BCUT2D eigenvalue weighted by Gasteiger charge is 2.07. The van der Waals surface area contributed by atoms with E-state index in [4.69, 9.17) is 21.7 Å². The Morgan fingerprint density at radius 2 is 2.14 bits per heavy atom. The number of phenols is 1. The van der Waals surface area contributed by atoms with Crippen LogP contribution in [0.25, 0.3) is 0 Å². The Labute approximate surface area is 130 Å². The molecule has 1 aromatic rings. The highest BCUT2D eigenvalue weighted by atomic mass is 32.1. The molecular weight excluding hydrogens is 290 g/mol. The van der Waals surface area contributed by atoms with Crippen LogP contribution in [0.2, 0.25) is 0 Å². The number of benzene rings is 1. The van der Waals surface area contributed by atoms with Gasteiger partial charge in [-0.25, -0.2) is 0 Å². The van der Waals surface area contributed by atoms with Gasteiger partial charge in [-0.3, -0.25) is 5.43 Å². The fourth-order valence-electron chi connectivity index (χ4n) is 1.67. The molecule has 3 N–H and O–H groups in total. The van der Waals surface area contributed by atoms with Crippen molar-refractivity contribution in [3.8, 4) is 11.5 Å². The Hall–Kier alpha value is -1.86. The highest BCUT2D eigenvalue weighted by Crippen LogP contribution is 2.23. The number of rotatable bonds is 6. The van der Waals surface area contributed by atoms with Crippen molar-refractivity contribution < 1.29 is 14.6 Å². The lowest BCUT2D eigenvalue weighted by Crippen LogP contribution is -2.40. The molecule has 0 amide bonds. The van der Waals surface area contributed by atoms with Crippen LogP contribution in [0.3, 0.4) is 0 Å². The van der Waals surface area contributed by atoms with E-state index in [1.165, 1.54) is 0 Å². The van der Waals surface area contributed by atoms with Crippen molar-refractivity contribution in [3.05, 3.63) is 23.8 Å². The second-order valence-corrected chi connectivity index (χ2v) is 4.93. The summed E-state index contributed by atoms with van der Waals surface area (Å²) in [7, 11) is 3.19. The molecule has 0 saturated heterocycles. The Bertz CT molecular complexity index is 520. The minimum Gasteiger partial charge on any atom is -0.507 e. The summed E-state index contributed by atoms with van der Waals surface area (Å²) in [6.07, 6.45) is 0. The molecule has 1 rings (SSSR count). The average Bonchev–Trinajstić information content (AvgIpc) is 2.45. The SMILES string of the molecule is COC[C@@H](C)NC(=S)N/N=C(\C)c1cc(OC)ccc1O. The van der Waals surface area contributed by atoms with Crippen LogP contribution < -0.4 is 15.5 Å². The fraction of sp³-hybridized carbons (Fsp3) is 0.429. The first-order valence-corrected chi connectivity index (χ1v) is 6.85. The molecule has 0 spiro atoms. The molecule has 0 aliphatic rings. The number of thiocarbonyl (C=S) groups is 1. The molecule has 116 valence electrons. The van der Waals surface area contributed by atoms with Crippen molar-refractivity contribution in [1.82, 2.24) is 10.7 Å². The van der Waals surface area contributed by atoms with Gasteiger partial charge in [-0.2, -0.15) is 5.10 Å². The molecule has 0 fully saturated rings. The molecule has 6 nitrogen and oxygen atoms in total. The molecule has 0 saturated carbocycles. The monoisotopic (exact) mass is 311 g/mol. The maximum atomic E-state index is 9.85.